The van der Waals surface area contributed by atoms with Crippen molar-refractivity contribution in [1.29, 1.82) is 0 Å². The fourth-order valence-corrected chi connectivity index (χ4v) is 1.88. The summed E-state index contributed by atoms with van der Waals surface area (Å²) in [5.41, 5.74) is -0.890. The number of urea groups is 1. The summed E-state index contributed by atoms with van der Waals surface area (Å²) in [4.78, 5) is 15.7. The second-order valence-corrected chi connectivity index (χ2v) is 5.23. The zero-order chi connectivity index (χ0) is 17.9. The summed E-state index contributed by atoms with van der Waals surface area (Å²) in [5, 5.41) is 20.1. The monoisotopic (exact) mass is 343 g/mol. The number of nitrogens with one attached hydrogen (secondary N) is 3. The number of aryl methyl sites for hydroxylation is 1. The molecule has 1 aromatic carbocycles. The molecule has 1 atom stereocenters. The van der Waals surface area contributed by atoms with Crippen LogP contribution < -0.4 is 10.6 Å². The number of hydrogen-bond donors (Lipinski definition) is 4. The van der Waals surface area contributed by atoms with Gasteiger partial charge in [0.1, 0.15) is 5.82 Å². The largest absolute Gasteiger partial charge is 0.416 e. The van der Waals surface area contributed by atoms with Crippen molar-refractivity contribution in [3.8, 4) is 11.4 Å². The number of aromatic nitrogens is 3. The third-order valence-electron chi connectivity index (χ3n) is 2.93. The molecule has 0 saturated carbocycles. The van der Waals surface area contributed by atoms with E-state index in [0.717, 1.165) is 12.1 Å². The molecule has 2 aromatic rings. The number of hydrogen-bond acceptors (Lipinski definition) is 4. The predicted molar refractivity (Wildman–Crippen MR) is 80.3 cm³/mol. The van der Waals surface area contributed by atoms with Crippen molar-refractivity contribution in [3.63, 3.8) is 0 Å². The van der Waals surface area contributed by atoms with E-state index in [1.54, 1.807) is 6.92 Å². The van der Waals surface area contributed by atoms with E-state index in [9.17, 15) is 18.0 Å². The van der Waals surface area contributed by atoms with Gasteiger partial charge in [-0.15, -0.1) is 0 Å². The number of benzene rings is 1. The van der Waals surface area contributed by atoms with Crippen LogP contribution in [0.15, 0.2) is 18.2 Å². The predicted octanol–water partition coefficient (Wildman–Crippen LogP) is 2.30. The number of alkyl halides is 3. The topological polar surface area (TPSA) is 103 Å². The summed E-state index contributed by atoms with van der Waals surface area (Å²) in [6.07, 6.45) is -5.36. The SMILES string of the molecule is Cc1nc(-c2cc(NC(=O)NC[C@@H](C)O)cc(C(F)(F)F)c2)n[nH]1. The third kappa shape index (κ3) is 4.69. The van der Waals surface area contributed by atoms with E-state index in [4.69, 9.17) is 5.11 Å². The molecule has 2 rings (SSSR count). The molecular weight excluding hydrogens is 327 g/mol. The third-order valence-corrected chi connectivity index (χ3v) is 2.93. The number of aliphatic hydroxyl groups excluding tert-OH is 1. The van der Waals surface area contributed by atoms with Gasteiger partial charge in [-0.3, -0.25) is 5.10 Å². The molecule has 24 heavy (non-hydrogen) atoms. The molecule has 0 radical (unpaired) electrons. The zero-order valence-electron chi connectivity index (χ0n) is 12.9. The summed E-state index contributed by atoms with van der Waals surface area (Å²) in [6.45, 7) is 3.05. The molecule has 0 unspecified atom stereocenters. The molecule has 0 bridgehead atoms. The minimum atomic E-state index is -4.59. The maximum atomic E-state index is 13.1. The second-order valence-electron chi connectivity index (χ2n) is 5.23. The highest BCUT2D eigenvalue weighted by Gasteiger charge is 2.31. The van der Waals surface area contributed by atoms with Crippen molar-refractivity contribution in [3.05, 3.63) is 29.6 Å². The zero-order valence-corrected chi connectivity index (χ0v) is 12.9. The van der Waals surface area contributed by atoms with Gasteiger partial charge in [-0.2, -0.15) is 18.3 Å². The Hall–Kier alpha value is -2.62. The van der Waals surface area contributed by atoms with Gasteiger partial charge < -0.3 is 15.7 Å². The van der Waals surface area contributed by atoms with Crippen LogP contribution in [0.1, 0.15) is 18.3 Å². The van der Waals surface area contributed by atoms with E-state index in [1.165, 1.54) is 13.0 Å². The van der Waals surface area contributed by atoms with Crippen LogP contribution in [0.3, 0.4) is 0 Å². The van der Waals surface area contributed by atoms with Gasteiger partial charge in [-0.1, -0.05) is 0 Å². The lowest BCUT2D eigenvalue weighted by Crippen LogP contribution is -2.34. The van der Waals surface area contributed by atoms with E-state index < -0.39 is 23.9 Å². The number of aromatic amines is 1. The number of aliphatic hydroxyl groups is 1. The average Bonchev–Trinajstić information content (AvgIpc) is 2.90. The van der Waals surface area contributed by atoms with Crippen LogP contribution in [0.5, 0.6) is 0 Å². The Bertz CT molecular complexity index is 727. The molecule has 2 amide bonds. The number of carbonyl (C=O) groups is 1. The molecule has 0 saturated heterocycles. The number of carbonyl (C=O) groups excluding carboxylic acids is 1. The molecule has 0 fully saturated rings. The van der Waals surface area contributed by atoms with E-state index >= 15 is 0 Å². The first-order valence-corrected chi connectivity index (χ1v) is 6.99. The number of nitrogens with zero attached hydrogens (tertiary/aromatic N) is 2. The van der Waals surface area contributed by atoms with Crippen LogP contribution in [-0.4, -0.2) is 39.0 Å². The van der Waals surface area contributed by atoms with Crippen LogP contribution >= 0.6 is 0 Å². The standard InChI is InChI=1S/C14H16F3N5O2/c1-7(23)6-18-13(24)20-11-4-9(12-19-8(2)21-22-12)3-10(5-11)14(15,16)17/h3-5,7,23H,6H2,1-2H3,(H2,18,20,24)(H,19,21,22)/t7-/m1/s1. The fourth-order valence-electron chi connectivity index (χ4n) is 1.88. The van der Waals surface area contributed by atoms with Crippen molar-refractivity contribution in [2.45, 2.75) is 26.1 Å². The smallest absolute Gasteiger partial charge is 0.392 e. The number of rotatable bonds is 4. The summed E-state index contributed by atoms with van der Waals surface area (Å²) in [5.74, 6) is 0.539. The molecule has 1 heterocycles. The first-order valence-electron chi connectivity index (χ1n) is 6.99. The van der Waals surface area contributed by atoms with Gasteiger partial charge in [0.15, 0.2) is 5.82 Å². The van der Waals surface area contributed by atoms with Crippen molar-refractivity contribution in [2.24, 2.45) is 0 Å². The Labute approximate surface area is 135 Å². The maximum Gasteiger partial charge on any atom is 0.416 e. The summed E-state index contributed by atoms with van der Waals surface area (Å²) in [6, 6.07) is 2.32. The fraction of sp³-hybridized carbons (Fsp3) is 0.357. The van der Waals surface area contributed by atoms with Crippen LogP contribution in [0.4, 0.5) is 23.7 Å². The number of H-pyrrole nitrogens is 1. The van der Waals surface area contributed by atoms with Gasteiger partial charge in [-0.05, 0) is 32.0 Å². The van der Waals surface area contributed by atoms with Gasteiger partial charge >= 0.3 is 12.2 Å². The van der Waals surface area contributed by atoms with Crippen molar-refractivity contribution < 1.29 is 23.1 Å². The van der Waals surface area contributed by atoms with Crippen LogP contribution in [-0.2, 0) is 6.18 Å². The lowest BCUT2D eigenvalue weighted by Gasteiger charge is -2.13. The highest BCUT2D eigenvalue weighted by atomic mass is 19.4. The quantitative estimate of drug-likeness (QED) is 0.684. The molecule has 10 heteroatoms. The van der Waals surface area contributed by atoms with Gasteiger partial charge in [0.25, 0.3) is 0 Å². The van der Waals surface area contributed by atoms with Crippen LogP contribution in [0.25, 0.3) is 11.4 Å². The highest BCUT2D eigenvalue weighted by Crippen LogP contribution is 2.34. The van der Waals surface area contributed by atoms with Gasteiger partial charge in [0.2, 0.25) is 0 Å². The number of halogens is 3. The van der Waals surface area contributed by atoms with Crippen molar-refractivity contribution >= 4 is 11.7 Å². The number of amides is 2. The summed E-state index contributed by atoms with van der Waals surface area (Å²) < 4.78 is 39.2. The molecule has 0 aliphatic carbocycles. The molecule has 0 spiro atoms. The van der Waals surface area contributed by atoms with Crippen molar-refractivity contribution in [2.75, 3.05) is 11.9 Å². The molecule has 1 aromatic heterocycles. The highest BCUT2D eigenvalue weighted by molar-refractivity contribution is 5.90. The van der Waals surface area contributed by atoms with E-state index in [0.29, 0.717) is 5.82 Å². The Morgan fingerprint density at radius 3 is 2.62 bits per heavy atom. The van der Waals surface area contributed by atoms with Gasteiger partial charge in [0.05, 0.1) is 11.7 Å². The Kier molecular flexibility index (Phi) is 5.07. The molecular formula is C14H16F3N5O2. The lowest BCUT2D eigenvalue weighted by molar-refractivity contribution is -0.137. The normalized spacial score (nSPS) is 12.8. The molecule has 4 N–H and O–H groups in total. The first-order chi connectivity index (χ1) is 11.1. The Balaban J connectivity index is 2.31. The summed E-state index contributed by atoms with van der Waals surface area (Å²) in [7, 11) is 0. The Morgan fingerprint density at radius 2 is 2.08 bits per heavy atom. The molecule has 130 valence electrons. The van der Waals surface area contributed by atoms with Crippen LogP contribution in [0, 0.1) is 6.92 Å². The molecule has 7 nitrogen and oxygen atoms in total. The summed E-state index contributed by atoms with van der Waals surface area (Å²) >= 11 is 0. The van der Waals surface area contributed by atoms with Gasteiger partial charge in [0, 0.05) is 17.8 Å². The van der Waals surface area contributed by atoms with E-state index in [-0.39, 0.29) is 23.6 Å². The Morgan fingerprint density at radius 1 is 1.38 bits per heavy atom. The second kappa shape index (κ2) is 6.87. The average molecular weight is 343 g/mol. The minimum absolute atomic E-state index is 0.0300. The maximum absolute atomic E-state index is 13.1. The van der Waals surface area contributed by atoms with Crippen LogP contribution in [0.2, 0.25) is 0 Å². The first kappa shape index (κ1) is 17.7. The molecule has 0 aliphatic rings. The molecule has 0 aliphatic heterocycles. The minimum Gasteiger partial charge on any atom is -0.392 e. The van der Waals surface area contributed by atoms with E-state index in [2.05, 4.69) is 25.8 Å². The van der Waals surface area contributed by atoms with Crippen molar-refractivity contribution in [1.82, 2.24) is 20.5 Å². The number of anilines is 1. The van der Waals surface area contributed by atoms with Gasteiger partial charge in [-0.25, -0.2) is 9.78 Å². The van der Waals surface area contributed by atoms with E-state index in [1.807, 2.05) is 0 Å². The lowest BCUT2D eigenvalue weighted by atomic mass is 10.1.